The van der Waals surface area contributed by atoms with E-state index in [0.717, 1.165) is 19.3 Å². The molecule has 0 unspecified atom stereocenters. The van der Waals surface area contributed by atoms with Crippen LogP contribution in [0.2, 0.25) is 0 Å². The maximum Gasteiger partial charge on any atom is 0.140 e. The molecule has 0 aromatic heterocycles. The molecule has 0 radical (unpaired) electrons. The Labute approximate surface area is 79.9 Å². The van der Waals surface area contributed by atoms with Gasteiger partial charge in [-0.05, 0) is 18.8 Å². The minimum Gasteiger partial charge on any atom is -0.329 e. The van der Waals surface area contributed by atoms with E-state index in [1.165, 1.54) is 25.7 Å². The molecular formula is C11H19NO. The highest BCUT2D eigenvalue weighted by Gasteiger charge is 2.48. The van der Waals surface area contributed by atoms with Crippen LogP contribution in [0.5, 0.6) is 0 Å². The lowest BCUT2D eigenvalue weighted by atomic mass is 9.91. The first-order valence-corrected chi connectivity index (χ1v) is 5.50. The molecule has 0 amide bonds. The Bertz CT molecular complexity index is 202. The van der Waals surface area contributed by atoms with E-state index in [-0.39, 0.29) is 5.41 Å². The maximum atomic E-state index is 11.8. The largest absolute Gasteiger partial charge is 0.329 e. The third-order valence-corrected chi connectivity index (χ3v) is 3.78. The smallest absolute Gasteiger partial charge is 0.140 e. The zero-order valence-electron chi connectivity index (χ0n) is 8.22. The van der Waals surface area contributed by atoms with Gasteiger partial charge in [-0.2, -0.15) is 0 Å². The summed E-state index contributed by atoms with van der Waals surface area (Å²) >= 11 is 0. The van der Waals surface area contributed by atoms with Gasteiger partial charge >= 0.3 is 0 Å². The Morgan fingerprint density at radius 3 is 2.38 bits per heavy atom. The van der Waals surface area contributed by atoms with Crippen molar-refractivity contribution in [3.63, 3.8) is 0 Å². The lowest BCUT2D eigenvalue weighted by molar-refractivity contribution is -0.124. The number of carbonyl (C=O) groups is 1. The van der Waals surface area contributed by atoms with E-state index >= 15 is 0 Å². The third-order valence-electron chi connectivity index (χ3n) is 3.78. The van der Waals surface area contributed by atoms with Gasteiger partial charge < -0.3 is 5.73 Å². The highest BCUT2D eigenvalue weighted by Crippen LogP contribution is 2.47. The van der Waals surface area contributed by atoms with Crippen LogP contribution in [0.1, 0.15) is 44.9 Å². The molecule has 0 aliphatic heterocycles. The van der Waals surface area contributed by atoms with Gasteiger partial charge in [0.15, 0.2) is 0 Å². The SMILES string of the molecule is NCC1(C(=O)CC2CCCC2)CC1. The first-order valence-electron chi connectivity index (χ1n) is 5.50. The van der Waals surface area contributed by atoms with Crippen molar-refractivity contribution < 1.29 is 4.79 Å². The van der Waals surface area contributed by atoms with Gasteiger partial charge in [-0.25, -0.2) is 0 Å². The number of ketones is 1. The second kappa shape index (κ2) is 3.41. The number of carbonyl (C=O) groups excluding carboxylic acids is 1. The highest BCUT2D eigenvalue weighted by molar-refractivity contribution is 5.87. The van der Waals surface area contributed by atoms with Gasteiger partial charge in [0, 0.05) is 18.4 Å². The van der Waals surface area contributed by atoms with Crippen molar-refractivity contribution in [2.24, 2.45) is 17.1 Å². The fraction of sp³-hybridized carbons (Fsp3) is 0.909. The summed E-state index contributed by atoms with van der Waals surface area (Å²) in [5.74, 6) is 1.15. The molecule has 2 saturated carbocycles. The van der Waals surface area contributed by atoms with E-state index < -0.39 is 0 Å². The summed E-state index contributed by atoms with van der Waals surface area (Å²) in [4.78, 5) is 11.8. The van der Waals surface area contributed by atoms with Gasteiger partial charge in [0.25, 0.3) is 0 Å². The molecule has 2 aliphatic carbocycles. The van der Waals surface area contributed by atoms with Crippen molar-refractivity contribution in [2.75, 3.05) is 6.54 Å². The van der Waals surface area contributed by atoms with Crippen molar-refractivity contribution in [2.45, 2.75) is 44.9 Å². The van der Waals surface area contributed by atoms with Crippen LogP contribution in [-0.4, -0.2) is 12.3 Å². The normalized spacial score (nSPS) is 26.2. The Balaban J connectivity index is 1.84. The van der Waals surface area contributed by atoms with E-state index in [2.05, 4.69) is 0 Å². The van der Waals surface area contributed by atoms with E-state index in [1.54, 1.807) is 0 Å². The minimum absolute atomic E-state index is 0.0530. The molecule has 2 nitrogen and oxygen atoms in total. The molecule has 2 heteroatoms. The van der Waals surface area contributed by atoms with Crippen LogP contribution in [0, 0.1) is 11.3 Å². The number of hydrogen-bond acceptors (Lipinski definition) is 2. The van der Waals surface area contributed by atoms with Gasteiger partial charge in [-0.1, -0.05) is 25.7 Å². The zero-order valence-corrected chi connectivity index (χ0v) is 8.22. The van der Waals surface area contributed by atoms with Crippen LogP contribution < -0.4 is 5.73 Å². The summed E-state index contributed by atoms with van der Waals surface area (Å²) in [7, 11) is 0. The van der Waals surface area contributed by atoms with Crippen molar-refractivity contribution in [1.82, 2.24) is 0 Å². The van der Waals surface area contributed by atoms with E-state index in [9.17, 15) is 4.79 Å². The summed E-state index contributed by atoms with van der Waals surface area (Å²) in [6.07, 6.45) is 8.11. The quantitative estimate of drug-likeness (QED) is 0.719. The average Bonchev–Trinajstić information content (AvgIpc) is 2.79. The van der Waals surface area contributed by atoms with E-state index in [1.807, 2.05) is 0 Å². The summed E-state index contributed by atoms with van der Waals surface area (Å²) in [6, 6.07) is 0. The van der Waals surface area contributed by atoms with Crippen LogP contribution in [0.15, 0.2) is 0 Å². The maximum absolute atomic E-state index is 11.8. The molecule has 0 aromatic rings. The van der Waals surface area contributed by atoms with Crippen LogP contribution in [0.4, 0.5) is 0 Å². The van der Waals surface area contributed by atoms with E-state index in [0.29, 0.717) is 18.2 Å². The molecule has 0 aromatic carbocycles. The molecule has 13 heavy (non-hydrogen) atoms. The summed E-state index contributed by atoms with van der Waals surface area (Å²) < 4.78 is 0. The lowest BCUT2D eigenvalue weighted by Gasteiger charge is -2.14. The fourth-order valence-corrected chi connectivity index (χ4v) is 2.44. The van der Waals surface area contributed by atoms with E-state index in [4.69, 9.17) is 5.73 Å². The molecule has 74 valence electrons. The molecule has 0 spiro atoms. The molecule has 0 bridgehead atoms. The molecule has 2 fully saturated rings. The Morgan fingerprint density at radius 2 is 1.92 bits per heavy atom. The van der Waals surface area contributed by atoms with Crippen LogP contribution in [0.3, 0.4) is 0 Å². The monoisotopic (exact) mass is 181 g/mol. The fourth-order valence-electron chi connectivity index (χ4n) is 2.44. The van der Waals surface area contributed by atoms with Gasteiger partial charge in [-0.15, -0.1) is 0 Å². The van der Waals surface area contributed by atoms with Crippen molar-refractivity contribution in [3.8, 4) is 0 Å². The number of rotatable bonds is 4. The number of nitrogens with two attached hydrogens (primary N) is 1. The van der Waals surface area contributed by atoms with Crippen LogP contribution in [0.25, 0.3) is 0 Å². The standard InChI is InChI=1S/C11H19NO/c12-8-11(5-6-11)10(13)7-9-3-1-2-4-9/h9H,1-8,12H2. The predicted octanol–water partition coefficient (Wildman–Crippen LogP) is 1.87. The zero-order chi connectivity index (χ0) is 9.31. The minimum atomic E-state index is -0.0530. The Morgan fingerprint density at radius 1 is 1.31 bits per heavy atom. The van der Waals surface area contributed by atoms with Crippen LogP contribution in [-0.2, 0) is 4.79 Å². The second-order valence-electron chi connectivity index (χ2n) is 4.76. The number of hydrogen-bond donors (Lipinski definition) is 1. The topological polar surface area (TPSA) is 43.1 Å². The Hall–Kier alpha value is -0.370. The van der Waals surface area contributed by atoms with Gasteiger partial charge in [0.05, 0.1) is 0 Å². The lowest BCUT2D eigenvalue weighted by Crippen LogP contribution is -2.26. The molecule has 2 aliphatic rings. The third kappa shape index (κ3) is 1.78. The van der Waals surface area contributed by atoms with Gasteiger partial charge in [0.2, 0.25) is 0 Å². The second-order valence-corrected chi connectivity index (χ2v) is 4.76. The molecule has 0 saturated heterocycles. The summed E-state index contributed by atoms with van der Waals surface area (Å²) in [5.41, 5.74) is 5.57. The first kappa shape index (κ1) is 9.20. The van der Waals surface area contributed by atoms with Crippen LogP contribution >= 0.6 is 0 Å². The van der Waals surface area contributed by atoms with Crippen molar-refractivity contribution >= 4 is 5.78 Å². The number of Topliss-reactive ketones (excluding diaryl/α,β-unsaturated/α-hetero) is 1. The van der Waals surface area contributed by atoms with Gasteiger partial charge in [0.1, 0.15) is 5.78 Å². The molecule has 2 rings (SSSR count). The van der Waals surface area contributed by atoms with Crippen molar-refractivity contribution in [1.29, 1.82) is 0 Å². The summed E-state index contributed by atoms with van der Waals surface area (Å²) in [6.45, 7) is 0.582. The first-order chi connectivity index (χ1) is 6.27. The molecule has 2 N–H and O–H groups in total. The molecule has 0 atom stereocenters. The molecule has 0 heterocycles. The predicted molar refractivity (Wildman–Crippen MR) is 52.3 cm³/mol. The highest BCUT2D eigenvalue weighted by atomic mass is 16.1. The van der Waals surface area contributed by atoms with Gasteiger partial charge in [-0.3, -0.25) is 4.79 Å². The Kier molecular flexibility index (Phi) is 2.41. The summed E-state index contributed by atoms with van der Waals surface area (Å²) in [5, 5.41) is 0. The van der Waals surface area contributed by atoms with Crippen molar-refractivity contribution in [3.05, 3.63) is 0 Å². The average molecular weight is 181 g/mol. The molecular weight excluding hydrogens is 162 g/mol.